The third-order valence-corrected chi connectivity index (χ3v) is 7.63. The third-order valence-electron chi connectivity index (χ3n) is 7.63. The number of nitrogens with one attached hydrogen (secondary N) is 1. The van der Waals surface area contributed by atoms with Gasteiger partial charge in [0.15, 0.2) is 0 Å². The van der Waals surface area contributed by atoms with Gasteiger partial charge in [-0.05, 0) is 86.1 Å². The average molecular weight is 490 g/mol. The summed E-state index contributed by atoms with van der Waals surface area (Å²) < 4.78 is 1.91. The number of fused-ring (bicyclic) bond motifs is 2. The van der Waals surface area contributed by atoms with Gasteiger partial charge < -0.3 is 4.57 Å². The van der Waals surface area contributed by atoms with E-state index in [0.29, 0.717) is 13.1 Å². The van der Waals surface area contributed by atoms with Crippen molar-refractivity contribution >= 4 is 10.9 Å². The Morgan fingerprint density at radius 3 is 2.57 bits per heavy atom. The molecular weight excluding hydrogens is 458 g/mol. The second kappa shape index (κ2) is 9.79. The SMILES string of the molecule is CC(c1cc(-c2ccccc2)n[nH]1)N(C)Cc1cc2cc3c(cc2n(Cc2ccccn2)c1=O)CCC3. The van der Waals surface area contributed by atoms with Crippen LogP contribution in [0.4, 0.5) is 0 Å². The van der Waals surface area contributed by atoms with E-state index in [1.165, 1.54) is 17.5 Å². The van der Waals surface area contributed by atoms with E-state index in [9.17, 15) is 4.79 Å². The van der Waals surface area contributed by atoms with Gasteiger partial charge in [-0.25, -0.2) is 0 Å². The number of benzene rings is 2. The minimum absolute atomic E-state index is 0.0461. The zero-order chi connectivity index (χ0) is 25.4. The molecule has 6 nitrogen and oxygen atoms in total. The molecule has 0 saturated carbocycles. The van der Waals surface area contributed by atoms with Crippen LogP contribution in [0.2, 0.25) is 0 Å². The molecule has 186 valence electrons. The monoisotopic (exact) mass is 489 g/mol. The van der Waals surface area contributed by atoms with Crippen LogP contribution in [-0.4, -0.2) is 31.7 Å². The van der Waals surface area contributed by atoms with Crippen LogP contribution >= 0.6 is 0 Å². The highest BCUT2D eigenvalue weighted by Gasteiger charge is 2.20. The van der Waals surface area contributed by atoms with Crippen LogP contribution in [0.3, 0.4) is 0 Å². The van der Waals surface area contributed by atoms with Crippen LogP contribution in [-0.2, 0) is 25.9 Å². The Morgan fingerprint density at radius 2 is 1.78 bits per heavy atom. The molecule has 6 heteroatoms. The van der Waals surface area contributed by atoms with Gasteiger partial charge in [-0.2, -0.15) is 5.10 Å². The molecule has 1 N–H and O–H groups in total. The van der Waals surface area contributed by atoms with Gasteiger partial charge in [0.25, 0.3) is 5.56 Å². The average Bonchev–Trinajstić information content (AvgIpc) is 3.60. The fourth-order valence-corrected chi connectivity index (χ4v) is 5.39. The van der Waals surface area contributed by atoms with Crippen molar-refractivity contribution in [2.45, 2.75) is 45.3 Å². The number of rotatable bonds is 7. The molecule has 0 fully saturated rings. The summed E-state index contributed by atoms with van der Waals surface area (Å²) in [5, 5.41) is 8.85. The topological polar surface area (TPSA) is 66.8 Å². The van der Waals surface area contributed by atoms with E-state index in [1.54, 1.807) is 6.20 Å². The highest BCUT2D eigenvalue weighted by molar-refractivity contribution is 5.82. The fourth-order valence-electron chi connectivity index (χ4n) is 5.39. The number of pyridine rings is 2. The van der Waals surface area contributed by atoms with Crippen LogP contribution in [0.25, 0.3) is 22.2 Å². The third kappa shape index (κ3) is 4.60. The summed E-state index contributed by atoms with van der Waals surface area (Å²) in [6.07, 6.45) is 5.16. The molecule has 3 heterocycles. The Kier molecular flexibility index (Phi) is 6.18. The zero-order valence-electron chi connectivity index (χ0n) is 21.3. The van der Waals surface area contributed by atoms with E-state index in [-0.39, 0.29) is 11.6 Å². The summed E-state index contributed by atoms with van der Waals surface area (Å²) >= 11 is 0. The van der Waals surface area contributed by atoms with Crippen molar-refractivity contribution in [3.05, 3.63) is 117 Å². The highest BCUT2D eigenvalue weighted by atomic mass is 16.1. The van der Waals surface area contributed by atoms with Gasteiger partial charge in [-0.3, -0.25) is 19.8 Å². The van der Waals surface area contributed by atoms with Crippen molar-refractivity contribution in [2.24, 2.45) is 0 Å². The predicted molar refractivity (Wildman–Crippen MR) is 147 cm³/mol. The van der Waals surface area contributed by atoms with E-state index < -0.39 is 0 Å². The lowest BCUT2D eigenvalue weighted by atomic mass is 10.0. The van der Waals surface area contributed by atoms with E-state index in [1.807, 2.05) is 41.0 Å². The smallest absolute Gasteiger partial charge is 0.255 e. The molecule has 1 unspecified atom stereocenters. The van der Waals surface area contributed by atoms with Gasteiger partial charge in [0, 0.05) is 29.9 Å². The molecule has 0 saturated heterocycles. The lowest BCUT2D eigenvalue weighted by Crippen LogP contribution is -2.30. The van der Waals surface area contributed by atoms with Crippen LogP contribution in [0.1, 0.15) is 47.5 Å². The molecule has 2 aromatic carbocycles. The molecule has 0 radical (unpaired) electrons. The number of aryl methyl sites for hydroxylation is 2. The molecule has 3 aromatic heterocycles. The summed E-state index contributed by atoms with van der Waals surface area (Å²) in [6.45, 7) is 3.14. The summed E-state index contributed by atoms with van der Waals surface area (Å²) in [7, 11) is 2.06. The first-order valence-corrected chi connectivity index (χ1v) is 13.0. The Balaban J connectivity index is 1.34. The van der Waals surface area contributed by atoms with Crippen molar-refractivity contribution in [1.82, 2.24) is 24.6 Å². The highest BCUT2D eigenvalue weighted by Crippen LogP contribution is 2.29. The maximum Gasteiger partial charge on any atom is 0.255 e. The molecule has 6 rings (SSSR count). The summed E-state index contributed by atoms with van der Waals surface area (Å²) in [4.78, 5) is 20.6. The predicted octanol–water partition coefficient (Wildman–Crippen LogP) is 5.52. The number of hydrogen-bond donors (Lipinski definition) is 1. The van der Waals surface area contributed by atoms with Crippen LogP contribution in [0.5, 0.6) is 0 Å². The molecule has 0 bridgehead atoms. The van der Waals surface area contributed by atoms with Crippen LogP contribution in [0.15, 0.2) is 83.8 Å². The van der Waals surface area contributed by atoms with E-state index in [0.717, 1.165) is 52.0 Å². The van der Waals surface area contributed by atoms with Crippen molar-refractivity contribution < 1.29 is 0 Å². The van der Waals surface area contributed by atoms with E-state index in [2.05, 4.69) is 70.5 Å². The molecule has 0 spiro atoms. The minimum atomic E-state index is 0.0461. The first kappa shape index (κ1) is 23.4. The molecule has 1 aliphatic carbocycles. The number of aromatic nitrogens is 4. The van der Waals surface area contributed by atoms with Crippen LogP contribution in [0, 0.1) is 0 Å². The van der Waals surface area contributed by atoms with Crippen molar-refractivity contribution in [2.75, 3.05) is 7.05 Å². The zero-order valence-corrected chi connectivity index (χ0v) is 21.3. The summed E-state index contributed by atoms with van der Waals surface area (Å²) in [5.41, 5.74) is 8.53. The quantitative estimate of drug-likeness (QED) is 0.327. The first-order chi connectivity index (χ1) is 18.1. The number of nitrogens with zero attached hydrogens (tertiary/aromatic N) is 4. The molecule has 1 aliphatic rings. The Morgan fingerprint density at radius 1 is 1.00 bits per heavy atom. The number of aromatic amines is 1. The first-order valence-electron chi connectivity index (χ1n) is 13.0. The largest absolute Gasteiger partial charge is 0.302 e. The van der Waals surface area contributed by atoms with Gasteiger partial charge in [0.1, 0.15) is 0 Å². The van der Waals surface area contributed by atoms with Crippen LogP contribution < -0.4 is 5.56 Å². The maximum absolute atomic E-state index is 13.9. The molecule has 0 aliphatic heterocycles. The Hall–Kier alpha value is -4.03. The lowest BCUT2D eigenvalue weighted by molar-refractivity contribution is 0.247. The van der Waals surface area contributed by atoms with Crippen molar-refractivity contribution in [3.63, 3.8) is 0 Å². The van der Waals surface area contributed by atoms with Gasteiger partial charge in [-0.15, -0.1) is 0 Å². The van der Waals surface area contributed by atoms with E-state index >= 15 is 0 Å². The normalized spacial score (nSPS) is 13.8. The minimum Gasteiger partial charge on any atom is -0.302 e. The molecule has 5 aromatic rings. The molecule has 1 atom stereocenters. The van der Waals surface area contributed by atoms with Gasteiger partial charge in [-0.1, -0.05) is 36.4 Å². The number of H-pyrrole nitrogens is 1. The van der Waals surface area contributed by atoms with E-state index in [4.69, 9.17) is 0 Å². The second-order valence-corrected chi connectivity index (χ2v) is 10.1. The van der Waals surface area contributed by atoms with Crippen molar-refractivity contribution in [1.29, 1.82) is 0 Å². The molecule has 37 heavy (non-hydrogen) atoms. The Labute approximate surface area is 216 Å². The summed E-state index contributed by atoms with van der Waals surface area (Å²) in [6, 6.07) is 24.8. The van der Waals surface area contributed by atoms with Gasteiger partial charge in [0.2, 0.25) is 0 Å². The molecule has 0 amide bonds. The summed E-state index contributed by atoms with van der Waals surface area (Å²) in [5.74, 6) is 0. The standard InChI is InChI=1S/C31H31N5O/c1-21(28-18-29(34-33-28)22-9-4-3-5-10-22)35(2)19-26-16-25-15-23-11-8-12-24(23)17-30(25)36(31(26)37)20-27-13-6-7-14-32-27/h3-7,9-10,13-18,21H,8,11-12,19-20H2,1-2H3,(H,33,34). The second-order valence-electron chi connectivity index (χ2n) is 10.1. The van der Waals surface area contributed by atoms with Crippen molar-refractivity contribution in [3.8, 4) is 11.3 Å². The fraction of sp³-hybridized carbons (Fsp3) is 0.258. The number of hydrogen-bond acceptors (Lipinski definition) is 4. The lowest BCUT2D eigenvalue weighted by Gasteiger charge is -2.24. The maximum atomic E-state index is 13.9. The molecular formula is C31H31N5O. The van der Waals surface area contributed by atoms with Gasteiger partial charge in [0.05, 0.1) is 29.1 Å². The Bertz CT molecular complexity index is 1600. The van der Waals surface area contributed by atoms with Gasteiger partial charge >= 0.3 is 0 Å².